The molecule has 5 heteroatoms. The number of ketones is 1. The van der Waals surface area contributed by atoms with E-state index in [0.717, 1.165) is 5.57 Å². The zero-order chi connectivity index (χ0) is 17.8. The van der Waals surface area contributed by atoms with Crippen LogP contribution in [0.2, 0.25) is 0 Å². The third-order valence-electron chi connectivity index (χ3n) is 4.06. The maximum atomic E-state index is 13.2. The van der Waals surface area contributed by atoms with Gasteiger partial charge in [0.15, 0.2) is 11.6 Å². The van der Waals surface area contributed by atoms with Crippen LogP contribution in [0.15, 0.2) is 48.0 Å². The van der Waals surface area contributed by atoms with Crippen molar-refractivity contribution in [2.75, 3.05) is 11.4 Å². The molecule has 2 aromatic rings. The van der Waals surface area contributed by atoms with Gasteiger partial charge < -0.3 is 4.90 Å². The zero-order valence-electron chi connectivity index (χ0n) is 13.4. The lowest BCUT2D eigenvalue weighted by Gasteiger charge is -2.25. The fraction of sp³-hybridized carbons (Fsp3) is 0.200. The molecule has 126 valence electrons. The number of Topliss-reactive ketones (excluding diaryl/α,β-unsaturated/α-hetero) is 1. The summed E-state index contributed by atoms with van der Waals surface area (Å²) in [5.74, 6) is -1.35. The van der Waals surface area contributed by atoms with E-state index < -0.39 is 11.6 Å². The van der Waals surface area contributed by atoms with Crippen molar-refractivity contribution < 1.29 is 18.4 Å². The first kappa shape index (κ1) is 16.8. The van der Waals surface area contributed by atoms with Crippen LogP contribution in [-0.2, 0) is 4.79 Å². The molecular weight excluding hydrogens is 324 g/mol. The molecule has 1 amide bonds. The van der Waals surface area contributed by atoms with Gasteiger partial charge in [0.2, 0.25) is 0 Å². The molecule has 0 radical (unpaired) electrons. The Balaban J connectivity index is 1.61. The van der Waals surface area contributed by atoms with Crippen molar-refractivity contribution in [3.8, 4) is 0 Å². The van der Waals surface area contributed by atoms with Crippen molar-refractivity contribution in [1.82, 2.24) is 0 Å². The molecule has 0 saturated heterocycles. The molecule has 0 fully saturated rings. The molecule has 1 heterocycles. The van der Waals surface area contributed by atoms with E-state index in [9.17, 15) is 18.4 Å². The first-order valence-corrected chi connectivity index (χ1v) is 7.92. The lowest BCUT2D eigenvalue weighted by molar-refractivity contribution is -0.114. The highest BCUT2D eigenvalue weighted by atomic mass is 19.1. The Labute approximate surface area is 144 Å². The van der Waals surface area contributed by atoms with E-state index in [1.54, 1.807) is 6.07 Å². The Hall–Kier alpha value is -3.00. The van der Waals surface area contributed by atoms with Crippen molar-refractivity contribution in [1.29, 1.82) is 0 Å². The Morgan fingerprint density at radius 2 is 2.00 bits per heavy atom. The summed E-state index contributed by atoms with van der Waals surface area (Å²) in [6.45, 7) is 0.439. The number of nitrogens with zero attached hydrogens (tertiary/aromatic N) is 1. The number of amides is 1. The maximum absolute atomic E-state index is 13.2. The first-order chi connectivity index (χ1) is 12.0. The van der Waals surface area contributed by atoms with Gasteiger partial charge in [0.05, 0.1) is 5.69 Å². The maximum Gasteiger partial charge on any atom is 0.251 e. The summed E-state index contributed by atoms with van der Waals surface area (Å²) in [5.41, 5.74) is 1.68. The minimum atomic E-state index is -0.527. The number of carbonyl (C=O) groups excluding carboxylic acids is 2. The minimum Gasteiger partial charge on any atom is -0.301 e. The van der Waals surface area contributed by atoms with Crippen LogP contribution in [0.25, 0.3) is 0 Å². The molecule has 0 spiro atoms. The summed E-state index contributed by atoms with van der Waals surface area (Å²) in [4.78, 5) is 25.8. The molecule has 1 aliphatic rings. The van der Waals surface area contributed by atoms with Crippen molar-refractivity contribution in [2.45, 2.75) is 19.3 Å². The number of rotatable bonds is 5. The summed E-state index contributed by atoms with van der Waals surface area (Å²) in [5, 5.41) is 0. The van der Waals surface area contributed by atoms with E-state index in [2.05, 4.69) is 12.1 Å². The molecule has 0 atom stereocenters. The summed E-state index contributed by atoms with van der Waals surface area (Å²) < 4.78 is 26.1. The Morgan fingerprint density at radius 1 is 1.16 bits per heavy atom. The van der Waals surface area contributed by atoms with Gasteiger partial charge in [-0.25, -0.2) is 4.39 Å². The van der Waals surface area contributed by atoms with Crippen LogP contribution in [0.1, 0.15) is 29.6 Å². The highest BCUT2D eigenvalue weighted by molar-refractivity contribution is 6.02. The van der Waals surface area contributed by atoms with Gasteiger partial charge in [-0.3, -0.25) is 9.59 Å². The van der Waals surface area contributed by atoms with Crippen LogP contribution in [0.3, 0.4) is 0 Å². The van der Waals surface area contributed by atoms with Crippen LogP contribution in [-0.4, -0.2) is 18.2 Å². The van der Waals surface area contributed by atoms with E-state index in [1.165, 1.54) is 41.3 Å². The lowest BCUT2D eigenvalue weighted by Crippen LogP contribution is -2.33. The lowest BCUT2D eigenvalue weighted by atomic mass is 9.98. The van der Waals surface area contributed by atoms with E-state index in [0.29, 0.717) is 30.6 Å². The van der Waals surface area contributed by atoms with Crippen LogP contribution >= 0.6 is 0 Å². The molecule has 3 rings (SSSR count). The number of anilines is 1. The third kappa shape index (κ3) is 4.10. The second-order valence-electron chi connectivity index (χ2n) is 5.79. The fourth-order valence-electron chi connectivity index (χ4n) is 2.72. The predicted molar refractivity (Wildman–Crippen MR) is 89.1 cm³/mol. The number of halogens is 2. The minimum absolute atomic E-state index is 0.156. The van der Waals surface area contributed by atoms with Gasteiger partial charge >= 0.3 is 0 Å². The molecular formula is C20H15F2NO2. The van der Waals surface area contributed by atoms with Crippen molar-refractivity contribution in [2.24, 2.45) is 0 Å². The van der Waals surface area contributed by atoms with Crippen LogP contribution in [0.5, 0.6) is 0 Å². The van der Waals surface area contributed by atoms with Crippen molar-refractivity contribution in [3.63, 3.8) is 0 Å². The topological polar surface area (TPSA) is 37.4 Å². The molecule has 0 unspecified atom stereocenters. The molecule has 3 nitrogen and oxygen atoms in total. The van der Waals surface area contributed by atoms with Gasteiger partial charge in [0.25, 0.3) is 5.91 Å². The quantitative estimate of drug-likeness (QED) is 0.775. The third-order valence-corrected chi connectivity index (χ3v) is 4.06. The molecule has 0 bridgehead atoms. The zero-order valence-corrected chi connectivity index (χ0v) is 13.4. The Morgan fingerprint density at radius 3 is 2.68 bits per heavy atom. The molecule has 0 aliphatic carbocycles. The SMILES string of the molecule is O=C(CCC1=CC(=O)N(c2c#cc(F)cc2)CC1)c1cccc(F)c1. The van der Waals surface area contributed by atoms with Gasteiger partial charge in [-0.2, -0.15) is 4.39 Å². The van der Waals surface area contributed by atoms with Crippen LogP contribution in [0.4, 0.5) is 14.5 Å². The molecule has 1 aliphatic heterocycles. The van der Waals surface area contributed by atoms with Crippen molar-refractivity contribution >= 4 is 17.4 Å². The van der Waals surface area contributed by atoms with Crippen LogP contribution in [0, 0.1) is 23.8 Å². The average molecular weight is 339 g/mol. The molecule has 25 heavy (non-hydrogen) atoms. The largest absolute Gasteiger partial charge is 0.301 e. The van der Waals surface area contributed by atoms with Gasteiger partial charge in [-0.1, -0.05) is 17.7 Å². The van der Waals surface area contributed by atoms with E-state index >= 15 is 0 Å². The summed E-state index contributed by atoms with van der Waals surface area (Å²) >= 11 is 0. The number of benzene rings is 1. The van der Waals surface area contributed by atoms with Crippen LogP contribution < -0.4 is 4.90 Å². The molecule has 0 saturated carbocycles. The van der Waals surface area contributed by atoms with E-state index in [1.807, 2.05) is 0 Å². The highest BCUT2D eigenvalue weighted by Gasteiger charge is 2.20. The predicted octanol–water partition coefficient (Wildman–Crippen LogP) is 3.89. The summed E-state index contributed by atoms with van der Waals surface area (Å²) in [6, 6.07) is 13.2. The second kappa shape index (κ2) is 7.27. The van der Waals surface area contributed by atoms with Gasteiger partial charge in [-0.05, 0) is 49.2 Å². The standard InChI is InChI=1S/C20H15F2NO2/c21-16-5-7-18(8-6-16)23-11-10-14(12-20(23)25)4-9-19(24)15-2-1-3-17(22)13-15/h1-3,5,7,12-13H,4,9-11H2. The van der Waals surface area contributed by atoms with E-state index in [4.69, 9.17) is 0 Å². The number of hydrogen-bond acceptors (Lipinski definition) is 2. The normalized spacial score (nSPS) is 14.1. The number of carbonyl (C=O) groups is 2. The molecule has 0 aromatic heterocycles. The summed E-state index contributed by atoms with van der Waals surface area (Å²) in [7, 11) is 0. The molecule has 2 aromatic carbocycles. The molecule has 0 N–H and O–H groups in total. The van der Waals surface area contributed by atoms with E-state index in [-0.39, 0.29) is 18.1 Å². The monoisotopic (exact) mass is 339 g/mol. The smallest absolute Gasteiger partial charge is 0.251 e. The fourth-order valence-corrected chi connectivity index (χ4v) is 2.72. The highest BCUT2D eigenvalue weighted by Crippen LogP contribution is 2.22. The van der Waals surface area contributed by atoms with Crippen molar-refractivity contribution in [3.05, 3.63) is 77.4 Å². The first-order valence-electron chi connectivity index (χ1n) is 7.92. The Kier molecular flexibility index (Phi) is 4.90. The Bertz CT molecular complexity index is 828. The summed E-state index contributed by atoms with van der Waals surface area (Å²) in [6.07, 6.45) is 2.79. The second-order valence-corrected chi connectivity index (χ2v) is 5.79. The van der Waals surface area contributed by atoms with Gasteiger partial charge in [0, 0.05) is 24.6 Å². The van der Waals surface area contributed by atoms with Gasteiger partial charge in [0.1, 0.15) is 5.82 Å². The van der Waals surface area contributed by atoms with Gasteiger partial charge in [-0.15, -0.1) is 0 Å². The number of hydrogen-bond donors (Lipinski definition) is 0. The average Bonchev–Trinajstić information content (AvgIpc) is 2.61.